The standard InChI is InChI=1S/C21H23N3O2/c22-9-10-24(17-18-5-2-1-3-6-18)21(25)20-8-4-7-19(15-20)16-23-11-13-26-14-12-23/h1-8,15H,10-14,16-17H2. The van der Waals surface area contributed by atoms with Gasteiger partial charge in [0.15, 0.2) is 0 Å². The molecule has 26 heavy (non-hydrogen) atoms. The van der Waals surface area contributed by atoms with Crippen LogP contribution in [0.25, 0.3) is 0 Å². The Morgan fingerprint density at radius 3 is 2.54 bits per heavy atom. The van der Waals surface area contributed by atoms with Gasteiger partial charge in [0.05, 0.1) is 19.3 Å². The highest BCUT2D eigenvalue weighted by Crippen LogP contribution is 2.14. The van der Waals surface area contributed by atoms with Crippen LogP contribution >= 0.6 is 0 Å². The second-order valence-corrected chi connectivity index (χ2v) is 6.39. The lowest BCUT2D eigenvalue weighted by Gasteiger charge is -2.26. The van der Waals surface area contributed by atoms with Crippen molar-refractivity contribution in [2.24, 2.45) is 0 Å². The molecule has 0 aromatic heterocycles. The van der Waals surface area contributed by atoms with Crippen LogP contribution in [-0.4, -0.2) is 48.6 Å². The Hall–Kier alpha value is -2.68. The van der Waals surface area contributed by atoms with Crippen LogP contribution in [0.15, 0.2) is 54.6 Å². The minimum absolute atomic E-state index is 0.0709. The second-order valence-electron chi connectivity index (χ2n) is 6.39. The Balaban J connectivity index is 1.72. The minimum Gasteiger partial charge on any atom is -0.379 e. The predicted octanol–water partition coefficient (Wildman–Crippen LogP) is 2.68. The maximum absolute atomic E-state index is 12.9. The van der Waals surface area contributed by atoms with E-state index in [1.165, 1.54) is 0 Å². The molecule has 1 fully saturated rings. The van der Waals surface area contributed by atoms with Gasteiger partial charge in [-0.05, 0) is 23.3 Å². The number of nitriles is 1. The van der Waals surface area contributed by atoms with Gasteiger partial charge in [0.25, 0.3) is 5.91 Å². The Labute approximate surface area is 154 Å². The van der Waals surface area contributed by atoms with Gasteiger partial charge in [-0.2, -0.15) is 5.26 Å². The first kappa shape index (κ1) is 18.1. The van der Waals surface area contributed by atoms with Crippen LogP contribution in [0.3, 0.4) is 0 Å². The molecule has 0 bridgehead atoms. The molecule has 2 aromatic rings. The zero-order chi connectivity index (χ0) is 18.2. The number of carbonyl (C=O) groups excluding carboxylic acids is 1. The van der Waals surface area contributed by atoms with Crippen LogP contribution in [0.1, 0.15) is 21.5 Å². The zero-order valence-electron chi connectivity index (χ0n) is 14.8. The molecule has 5 heteroatoms. The summed E-state index contributed by atoms with van der Waals surface area (Å²) >= 11 is 0. The zero-order valence-corrected chi connectivity index (χ0v) is 14.8. The number of nitrogens with zero attached hydrogens (tertiary/aromatic N) is 3. The molecule has 3 rings (SSSR count). The van der Waals surface area contributed by atoms with Crippen LogP contribution in [0.2, 0.25) is 0 Å². The summed E-state index contributed by atoms with van der Waals surface area (Å²) in [5.74, 6) is -0.112. The third-order valence-corrected chi connectivity index (χ3v) is 4.45. The van der Waals surface area contributed by atoms with Crippen molar-refractivity contribution in [2.75, 3.05) is 32.8 Å². The van der Waals surface area contributed by atoms with Crippen molar-refractivity contribution in [1.82, 2.24) is 9.80 Å². The van der Waals surface area contributed by atoms with Gasteiger partial charge in [0, 0.05) is 31.7 Å². The van der Waals surface area contributed by atoms with E-state index in [4.69, 9.17) is 10.00 Å². The molecule has 134 valence electrons. The topological polar surface area (TPSA) is 56.6 Å². The molecule has 0 atom stereocenters. The molecule has 1 aliphatic rings. The fourth-order valence-electron chi connectivity index (χ4n) is 3.09. The van der Waals surface area contributed by atoms with Crippen molar-refractivity contribution in [3.05, 3.63) is 71.3 Å². The van der Waals surface area contributed by atoms with Crippen LogP contribution in [0, 0.1) is 11.3 Å². The van der Waals surface area contributed by atoms with Crippen LogP contribution in [0.4, 0.5) is 0 Å². The summed E-state index contributed by atoms with van der Waals surface area (Å²) in [6.07, 6.45) is 0. The Kier molecular flexibility index (Phi) is 6.37. The van der Waals surface area contributed by atoms with E-state index in [-0.39, 0.29) is 12.5 Å². The van der Waals surface area contributed by atoms with Gasteiger partial charge in [-0.1, -0.05) is 42.5 Å². The van der Waals surface area contributed by atoms with Crippen molar-refractivity contribution < 1.29 is 9.53 Å². The van der Waals surface area contributed by atoms with Crippen molar-refractivity contribution >= 4 is 5.91 Å². The van der Waals surface area contributed by atoms with Gasteiger partial charge < -0.3 is 9.64 Å². The average molecular weight is 349 g/mol. The predicted molar refractivity (Wildman–Crippen MR) is 99.3 cm³/mol. The highest BCUT2D eigenvalue weighted by Gasteiger charge is 2.17. The number of rotatable bonds is 6. The highest BCUT2D eigenvalue weighted by molar-refractivity contribution is 5.94. The van der Waals surface area contributed by atoms with E-state index in [2.05, 4.69) is 11.0 Å². The van der Waals surface area contributed by atoms with Crippen LogP contribution in [-0.2, 0) is 17.8 Å². The maximum atomic E-state index is 12.9. The lowest BCUT2D eigenvalue weighted by molar-refractivity contribution is 0.0341. The smallest absolute Gasteiger partial charge is 0.255 e. The fraction of sp³-hybridized carbons (Fsp3) is 0.333. The summed E-state index contributed by atoms with van der Waals surface area (Å²) in [5.41, 5.74) is 2.75. The van der Waals surface area contributed by atoms with E-state index in [1.54, 1.807) is 4.90 Å². The fourth-order valence-corrected chi connectivity index (χ4v) is 3.09. The van der Waals surface area contributed by atoms with Crippen LogP contribution < -0.4 is 0 Å². The molecule has 0 N–H and O–H groups in total. The van der Waals surface area contributed by atoms with Gasteiger partial charge in [-0.3, -0.25) is 9.69 Å². The molecular formula is C21H23N3O2. The molecule has 0 radical (unpaired) electrons. The molecule has 1 aliphatic heterocycles. The van der Waals surface area contributed by atoms with E-state index >= 15 is 0 Å². The monoisotopic (exact) mass is 349 g/mol. The molecule has 0 unspecified atom stereocenters. The molecule has 1 amide bonds. The molecule has 2 aromatic carbocycles. The van der Waals surface area contributed by atoms with Gasteiger partial charge in [-0.25, -0.2) is 0 Å². The van der Waals surface area contributed by atoms with E-state index in [0.717, 1.165) is 44.0 Å². The SMILES string of the molecule is N#CCN(Cc1ccccc1)C(=O)c1cccc(CN2CCOCC2)c1. The molecule has 0 aliphatic carbocycles. The summed E-state index contributed by atoms with van der Waals surface area (Å²) < 4.78 is 5.38. The number of carbonyl (C=O) groups is 1. The summed E-state index contributed by atoms with van der Waals surface area (Å²) in [7, 11) is 0. The maximum Gasteiger partial charge on any atom is 0.255 e. The van der Waals surface area contributed by atoms with Gasteiger partial charge >= 0.3 is 0 Å². The first-order valence-corrected chi connectivity index (χ1v) is 8.85. The van der Waals surface area contributed by atoms with Crippen molar-refractivity contribution in [1.29, 1.82) is 5.26 Å². The number of benzene rings is 2. The molecule has 0 saturated carbocycles. The Morgan fingerprint density at radius 1 is 1.08 bits per heavy atom. The van der Waals surface area contributed by atoms with Crippen molar-refractivity contribution in [3.63, 3.8) is 0 Å². The van der Waals surface area contributed by atoms with Gasteiger partial charge in [-0.15, -0.1) is 0 Å². The number of morpholine rings is 1. The molecule has 1 heterocycles. The third kappa shape index (κ3) is 4.92. The summed E-state index contributed by atoms with van der Waals surface area (Å²) in [4.78, 5) is 16.8. The summed E-state index contributed by atoms with van der Waals surface area (Å²) in [6.45, 7) is 4.64. The van der Waals surface area contributed by atoms with E-state index in [9.17, 15) is 4.79 Å². The quantitative estimate of drug-likeness (QED) is 0.753. The van der Waals surface area contributed by atoms with Crippen molar-refractivity contribution in [3.8, 4) is 6.07 Å². The molecule has 1 saturated heterocycles. The van der Waals surface area contributed by atoms with Gasteiger partial charge in [0.1, 0.15) is 6.54 Å². The molecule has 5 nitrogen and oxygen atoms in total. The van der Waals surface area contributed by atoms with Gasteiger partial charge in [0.2, 0.25) is 0 Å². The Bertz CT molecular complexity index is 764. The number of hydrogen-bond acceptors (Lipinski definition) is 4. The minimum atomic E-state index is -0.112. The van der Waals surface area contributed by atoms with Crippen LogP contribution in [0.5, 0.6) is 0 Å². The summed E-state index contributed by atoms with van der Waals surface area (Å²) in [6, 6.07) is 19.6. The first-order chi connectivity index (χ1) is 12.8. The number of hydrogen-bond donors (Lipinski definition) is 0. The van der Waals surface area contributed by atoms with E-state index in [1.807, 2.05) is 54.6 Å². The van der Waals surface area contributed by atoms with E-state index < -0.39 is 0 Å². The lowest BCUT2D eigenvalue weighted by atomic mass is 10.1. The number of ether oxygens (including phenoxy) is 1. The average Bonchev–Trinajstić information content (AvgIpc) is 2.69. The summed E-state index contributed by atoms with van der Waals surface area (Å²) in [5, 5.41) is 9.12. The largest absolute Gasteiger partial charge is 0.379 e. The third-order valence-electron chi connectivity index (χ3n) is 4.45. The van der Waals surface area contributed by atoms with E-state index in [0.29, 0.717) is 12.1 Å². The Morgan fingerprint density at radius 2 is 1.81 bits per heavy atom. The highest BCUT2D eigenvalue weighted by atomic mass is 16.5. The lowest BCUT2D eigenvalue weighted by Crippen LogP contribution is -2.35. The normalized spacial score (nSPS) is 14.6. The first-order valence-electron chi connectivity index (χ1n) is 8.85. The van der Waals surface area contributed by atoms with Crippen molar-refractivity contribution in [2.45, 2.75) is 13.1 Å². The molecule has 0 spiro atoms. The second kappa shape index (κ2) is 9.14. The molecular weight excluding hydrogens is 326 g/mol. The number of amides is 1.